The first-order chi connectivity index (χ1) is 9.74. The summed E-state index contributed by atoms with van der Waals surface area (Å²) >= 11 is 0. The molecule has 4 nitrogen and oxygen atoms in total. The number of rotatable bonds is 4. The third-order valence-corrected chi connectivity index (χ3v) is 4.05. The summed E-state index contributed by atoms with van der Waals surface area (Å²) in [7, 11) is 0. The molecule has 0 saturated heterocycles. The monoisotopic (exact) mass is 274 g/mol. The predicted octanol–water partition coefficient (Wildman–Crippen LogP) is 2.79. The van der Waals surface area contributed by atoms with E-state index in [-0.39, 0.29) is 30.7 Å². The number of hydrogen-bond acceptors (Lipinski definition) is 4. The van der Waals surface area contributed by atoms with Crippen LogP contribution in [-0.2, 0) is 4.79 Å². The smallest absolute Gasteiger partial charge is 0.203 e. The van der Waals surface area contributed by atoms with Gasteiger partial charge in [0.15, 0.2) is 12.4 Å². The van der Waals surface area contributed by atoms with Gasteiger partial charge in [-0.1, -0.05) is 19.3 Å². The van der Waals surface area contributed by atoms with Crippen molar-refractivity contribution in [2.24, 2.45) is 5.92 Å². The second-order valence-corrected chi connectivity index (χ2v) is 5.46. The van der Waals surface area contributed by atoms with E-state index in [1.165, 1.54) is 6.42 Å². The molecule has 20 heavy (non-hydrogen) atoms. The standard InChI is InChI=1S/C16H18O4/c17-14(11-4-2-1-3-5-11)9-19-12-6-7-13-15(18)10-20-16(13)8-12/h6-8,11H,1-5,9-10H2. The van der Waals surface area contributed by atoms with Gasteiger partial charge in [-0.25, -0.2) is 0 Å². The zero-order valence-corrected chi connectivity index (χ0v) is 11.4. The van der Waals surface area contributed by atoms with Crippen LogP contribution in [0, 0.1) is 5.92 Å². The molecule has 2 aliphatic rings. The summed E-state index contributed by atoms with van der Waals surface area (Å²) < 4.78 is 10.8. The number of benzene rings is 1. The van der Waals surface area contributed by atoms with Crippen molar-refractivity contribution in [2.45, 2.75) is 32.1 Å². The highest BCUT2D eigenvalue weighted by molar-refractivity contribution is 6.02. The van der Waals surface area contributed by atoms with Gasteiger partial charge in [-0.15, -0.1) is 0 Å². The largest absolute Gasteiger partial charge is 0.486 e. The molecule has 1 saturated carbocycles. The van der Waals surface area contributed by atoms with Gasteiger partial charge in [0.05, 0.1) is 5.56 Å². The lowest BCUT2D eigenvalue weighted by Gasteiger charge is -2.20. The SMILES string of the molecule is O=C1COc2cc(OCC(=O)C3CCCCC3)ccc21. The Morgan fingerprint density at radius 2 is 2.05 bits per heavy atom. The summed E-state index contributed by atoms with van der Waals surface area (Å²) in [4.78, 5) is 23.5. The van der Waals surface area contributed by atoms with Crippen molar-refractivity contribution in [1.82, 2.24) is 0 Å². The molecule has 0 N–H and O–H groups in total. The third kappa shape index (κ3) is 2.69. The minimum atomic E-state index is -0.00941. The van der Waals surface area contributed by atoms with E-state index in [9.17, 15) is 9.59 Å². The maximum absolute atomic E-state index is 12.0. The number of fused-ring (bicyclic) bond motifs is 1. The van der Waals surface area contributed by atoms with E-state index in [2.05, 4.69) is 0 Å². The van der Waals surface area contributed by atoms with Crippen molar-refractivity contribution < 1.29 is 19.1 Å². The van der Waals surface area contributed by atoms with Gasteiger partial charge < -0.3 is 9.47 Å². The Labute approximate surface area is 118 Å². The molecule has 0 unspecified atom stereocenters. The molecule has 0 amide bonds. The summed E-state index contributed by atoms with van der Waals surface area (Å²) in [5.41, 5.74) is 0.593. The van der Waals surface area contributed by atoms with Gasteiger partial charge in [-0.2, -0.15) is 0 Å². The fraction of sp³-hybridized carbons (Fsp3) is 0.500. The molecule has 1 heterocycles. The second-order valence-electron chi connectivity index (χ2n) is 5.46. The van der Waals surface area contributed by atoms with E-state index in [0.29, 0.717) is 17.1 Å². The molecule has 0 radical (unpaired) electrons. The van der Waals surface area contributed by atoms with Crippen molar-refractivity contribution in [2.75, 3.05) is 13.2 Å². The van der Waals surface area contributed by atoms with Crippen molar-refractivity contribution in [3.05, 3.63) is 23.8 Å². The lowest BCUT2D eigenvalue weighted by atomic mass is 9.86. The summed E-state index contributed by atoms with van der Waals surface area (Å²) in [5.74, 6) is 1.48. The molecule has 4 heteroatoms. The first-order valence-electron chi connectivity index (χ1n) is 7.19. The summed E-state index contributed by atoms with van der Waals surface area (Å²) in [5, 5.41) is 0. The van der Waals surface area contributed by atoms with Crippen LogP contribution in [0.2, 0.25) is 0 Å². The minimum Gasteiger partial charge on any atom is -0.486 e. The van der Waals surface area contributed by atoms with Crippen LogP contribution in [0.15, 0.2) is 18.2 Å². The van der Waals surface area contributed by atoms with Crippen LogP contribution in [0.5, 0.6) is 11.5 Å². The van der Waals surface area contributed by atoms with E-state index in [1.54, 1.807) is 18.2 Å². The van der Waals surface area contributed by atoms with E-state index in [1.807, 2.05) is 0 Å². The number of carbonyl (C=O) groups is 2. The molecule has 0 aromatic heterocycles. The Kier molecular flexibility index (Phi) is 3.72. The van der Waals surface area contributed by atoms with E-state index < -0.39 is 0 Å². The first-order valence-corrected chi connectivity index (χ1v) is 7.19. The third-order valence-electron chi connectivity index (χ3n) is 4.05. The maximum atomic E-state index is 12.0. The van der Waals surface area contributed by atoms with E-state index in [4.69, 9.17) is 9.47 Å². The van der Waals surface area contributed by atoms with Crippen LogP contribution in [-0.4, -0.2) is 24.8 Å². The molecule has 1 aliphatic carbocycles. The molecular formula is C16H18O4. The number of ether oxygens (including phenoxy) is 2. The fourth-order valence-electron chi connectivity index (χ4n) is 2.86. The highest BCUT2D eigenvalue weighted by Crippen LogP contribution is 2.30. The number of hydrogen-bond donors (Lipinski definition) is 0. The van der Waals surface area contributed by atoms with Gasteiger partial charge in [-0.3, -0.25) is 9.59 Å². The second kappa shape index (κ2) is 5.65. The first kappa shape index (κ1) is 13.2. The Morgan fingerprint density at radius 1 is 1.25 bits per heavy atom. The van der Waals surface area contributed by atoms with Gasteiger partial charge in [0.2, 0.25) is 5.78 Å². The zero-order chi connectivity index (χ0) is 13.9. The molecule has 1 aromatic carbocycles. The minimum absolute atomic E-state index is 0.00941. The lowest BCUT2D eigenvalue weighted by molar-refractivity contribution is -0.125. The van der Waals surface area contributed by atoms with Crippen LogP contribution in [0.4, 0.5) is 0 Å². The lowest BCUT2D eigenvalue weighted by Crippen LogP contribution is -2.23. The van der Waals surface area contributed by atoms with Gasteiger partial charge in [0, 0.05) is 12.0 Å². The number of carbonyl (C=O) groups excluding carboxylic acids is 2. The molecule has 0 spiro atoms. The quantitative estimate of drug-likeness (QED) is 0.847. The molecule has 1 aliphatic heterocycles. The molecule has 0 atom stereocenters. The van der Waals surface area contributed by atoms with E-state index in [0.717, 1.165) is 25.7 Å². The van der Waals surface area contributed by atoms with Crippen LogP contribution in [0.3, 0.4) is 0 Å². The Morgan fingerprint density at radius 3 is 2.85 bits per heavy atom. The molecule has 3 rings (SSSR count). The highest BCUT2D eigenvalue weighted by Gasteiger charge is 2.23. The zero-order valence-electron chi connectivity index (χ0n) is 11.4. The summed E-state index contributed by atoms with van der Waals surface area (Å²) in [6.07, 6.45) is 5.51. The van der Waals surface area contributed by atoms with Crippen LogP contribution in [0.25, 0.3) is 0 Å². The molecule has 1 fully saturated rings. The van der Waals surface area contributed by atoms with Gasteiger partial charge in [0.25, 0.3) is 0 Å². The van der Waals surface area contributed by atoms with Gasteiger partial charge >= 0.3 is 0 Å². The Bertz CT molecular complexity index is 529. The molecule has 106 valence electrons. The maximum Gasteiger partial charge on any atom is 0.203 e. The topological polar surface area (TPSA) is 52.6 Å². The Hall–Kier alpha value is -1.84. The average molecular weight is 274 g/mol. The van der Waals surface area contributed by atoms with Gasteiger partial charge in [-0.05, 0) is 25.0 Å². The van der Waals surface area contributed by atoms with Crippen molar-refractivity contribution >= 4 is 11.6 Å². The van der Waals surface area contributed by atoms with Crippen molar-refractivity contribution in [3.8, 4) is 11.5 Å². The molecular weight excluding hydrogens is 256 g/mol. The molecule has 1 aromatic rings. The fourth-order valence-corrected chi connectivity index (χ4v) is 2.86. The van der Waals surface area contributed by atoms with Crippen molar-refractivity contribution in [3.63, 3.8) is 0 Å². The van der Waals surface area contributed by atoms with Crippen molar-refractivity contribution in [1.29, 1.82) is 0 Å². The average Bonchev–Trinajstić information content (AvgIpc) is 2.87. The van der Waals surface area contributed by atoms with Gasteiger partial charge in [0.1, 0.15) is 18.1 Å². The normalized spacial score (nSPS) is 18.5. The van der Waals surface area contributed by atoms with E-state index >= 15 is 0 Å². The van der Waals surface area contributed by atoms with Crippen LogP contribution in [0.1, 0.15) is 42.5 Å². The molecule has 0 bridgehead atoms. The van der Waals surface area contributed by atoms with Crippen LogP contribution >= 0.6 is 0 Å². The summed E-state index contributed by atoms with van der Waals surface area (Å²) in [6.45, 7) is 0.206. The predicted molar refractivity (Wildman–Crippen MR) is 73.3 cm³/mol. The highest BCUT2D eigenvalue weighted by atomic mass is 16.5. The number of ketones is 2. The number of Topliss-reactive ketones (excluding diaryl/α,β-unsaturated/α-hetero) is 2. The van der Waals surface area contributed by atoms with Crippen LogP contribution < -0.4 is 9.47 Å². The Balaban J connectivity index is 1.58. The summed E-state index contributed by atoms with van der Waals surface area (Å²) in [6, 6.07) is 5.11.